The molecule has 1 rings (SSSR count). The predicted molar refractivity (Wildman–Crippen MR) is 80.0 cm³/mol. The van der Waals surface area contributed by atoms with E-state index < -0.39 is 0 Å². The number of hydrogen-bond donors (Lipinski definition) is 0. The summed E-state index contributed by atoms with van der Waals surface area (Å²) in [5, 5.41) is 0. The van der Waals surface area contributed by atoms with Gasteiger partial charge in [-0.05, 0) is 6.42 Å². The lowest BCUT2D eigenvalue weighted by Crippen LogP contribution is -3.00. The standard InChI is InChI=1S/C17H32NO.ClH/c1-2-3-4-5-6-7-8-9-10-11-12-13-14-18-15-16-19-17-18;/h15-17H,2-14H2,1H3;1H/q+1;/p-1. The second-order valence-corrected chi connectivity index (χ2v) is 5.65. The SMILES string of the molecule is CCCCCCCCCCCCCC[n+]1ccoc1.[Cl-]. The van der Waals surface area contributed by atoms with Crippen LogP contribution in [0.2, 0.25) is 0 Å². The largest absolute Gasteiger partial charge is 1.00 e. The van der Waals surface area contributed by atoms with E-state index in [1.807, 2.05) is 6.20 Å². The zero-order valence-electron chi connectivity index (χ0n) is 13.2. The number of aromatic nitrogens is 1. The molecule has 0 aliphatic rings. The topological polar surface area (TPSA) is 17.0 Å². The number of aryl methyl sites for hydroxylation is 1. The van der Waals surface area contributed by atoms with Crippen molar-refractivity contribution in [3.63, 3.8) is 0 Å². The van der Waals surface area contributed by atoms with E-state index in [2.05, 4.69) is 11.5 Å². The van der Waals surface area contributed by atoms with Gasteiger partial charge in [0.05, 0.1) is 0 Å². The van der Waals surface area contributed by atoms with E-state index in [1.165, 1.54) is 77.0 Å². The molecule has 2 nitrogen and oxygen atoms in total. The van der Waals surface area contributed by atoms with Gasteiger partial charge in [0.2, 0.25) is 6.20 Å². The summed E-state index contributed by atoms with van der Waals surface area (Å²) < 4.78 is 7.16. The zero-order chi connectivity index (χ0) is 13.6. The average molecular weight is 302 g/mol. The first kappa shape index (κ1) is 19.5. The minimum Gasteiger partial charge on any atom is -1.00 e. The molecule has 0 radical (unpaired) electrons. The Balaban J connectivity index is 0.00000361. The monoisotopic (exact) mass is 301 g/mol. The number of nitrogens with zero attached hydrogens (tertiary/aromatic N) is 1. The first-order valence-electron chi connectivity index (χ1n) is 8.34. The van der Waals surface area contributed by atoms with Gasteiger partial charge in [0.15, 0.2) is 12.8 Å². The fraction of sp³-hybridized carbons (Fsp3) is 0.824. The van der Waals surface area contributed by atoms with E-state index in [9.17, 15) is 0 Å². The highest BCUT2D eigenvalue weighted by Crippen LogP contribution is 2.11. The number of rotatable bonds is 13. The Hall–Kier alpha value is -0.500. The van der Waals surface area contributed by atoms with Crippen LogP contribution in [0.1, 0.15) is 84.0 Å². The number of hydrogen-bond acceptors (Lipinski definition) is 1. The summed E-state index contributed by atoms with van der Waals surface area (Å²) >= 11 is 0. The fourth-order valence-electron chi connectivity index (χ4n) is 2.52. The molecule has 118 valence electrons. The van der Waals surface area contributed by atoms with Crippen LogP contribution < -0.4 is 17.0 Å². The third-order valence-electron chi connectivity index (χ3n) is 3.80. The van der Waals surface area contributed by atoms with Crippen molar-refractivity contribution < 1.29 is 21.4 Å². The summed E-state index contributed by atoms with van der Waals surface area (Å²) in [7, 11) is 0. The molecule has 0 unspecified atom stereocenters. The molecule has 0 aliphatic carbocycles. The summed E-state index contributed by atoms with van der Waals surface area (Å²) in [6.45, 7) is 3.39. The molecule has 0 amide bonds. The van der Waals surface area contributed by atoms with E-state index in [0.717, 1.165) is 6.54 Å². The molecule has 20 heavy (non-hydrogen) atoms. The van der Waals surface area contributed by atoms with Gasteiger partial charge in [-0.15, -0.1) is 0 Å². The van der Waals surface area contributed by atoms with Crippen LogP contribution in [0.3, 0.4) is 0 Å². The van der Waals surface area contributed by atoms with Gasteiger partial charge >= 0.3 is 6.39 Å². The van der Waals surface area contributed by atoms with Crippen molar-refractivity contribution in [1.82, 2.24) is 0 Å². The van der Waals surface area contributed by atoms with E-state index in [-0.39, 0.29) is 12.4 Å². The molecular weight excluding hydrogens is 270 g/mol. The van der Waals surface area contributed by atoms with E-state index in [4.69, 9.17) is 4.42 Å². The Kier molecular flexibility index (Phi) is 14.5. The van der Waals surface area contributed by atoms with Crippen LogP contribution in [-0.4, -0.2) is 0 Å². The van der Waals surface area contributed by atoms with Gasteiger partial charge < -0.3 is 16.8 Å². The average Bonchev–Trinajstić information content (AvgIpc) is 2.93. The minimum absolute atomic E-state index is 0. The molecule has 0 bridgehead atoms. The van der Waals surface area contributed by atoms with Gasteiger partial charge in [0.25, 0.3) is 0 Å². The van der Waals surface area contributed by atoms with Crippen molar-refractivity contribution in [3.05, 3.63) is 18.9 Å². The van der Waals surface area contributed by atoms with E-state index >= 15 is 0 Å². The molecule has 0 N–H and O–H groups in total. The van der Waals surface area contributed by atoms with Crippen LogP contribution in [0.15, 0.2) is 23.3 Å². The van der Waals surface area contributed by atoms with E-state index in [1.54, 1.807) is 12.7 Å². The smallest absolute Gasteiger partial charge is 0.334 e. The van der Waals surface area contributed by atoms with Gasteiger partial charge in [-0.25, -0.2) is 0 Å². The Morgan fingerprint density at radius 1 is 0.750 bits per heavy atom. The van der Waals surface area contributed by atoms with Crippen molar-refractivity contribution in [2.24, 2.45) is 0 Å². The molecule has 3 heteroatoms. The second-order valence-electron chi connectivity index (χ2n) is 5.65. The maximum atomic E-state index is 5.03. The quantitative estimate of drug-likeness (QED) is 0.403. The lowest BCUT2D eigenvalue weighted by atomic mass is 10.1. The molecule has 0 aliphatic heterocycles. The van der Waals surface area contributed by atoms with Gasteiger partial charge in [0.1, 0.15) is 0 Å². The maximum absolute atomic E-state index is 5.03. The van der Waals surface area contributed by atoms with Crippen LogP contribution in [-0.2, 0) is 6.54 Å². The van der Waals surface area contributed by atoms with Crippen LogP contribution >= 0.6 is 0 Å². The molecule has 0 spiro atoms. The number of halogens is 1. The third-order valence-corrected chi connectivity index (χ3v) is 3.80. The lowest BCUT2D eigenvalue weighted by molar-refractivity contribution is -0.700. The normalized spacial score (nSPS) is 10.4. The Morgan fingerprint density at radius 3 is 1.70 bits per heavy atom. The Labute approximate surface area is 131 Å². The lowest BCUT2D eigenvalue weighted by Gasteiger charge is -2.01. The summed E-state index contributed by atoms with van der Waals surface area (Å²) in [6.07, 6.45) is 22.5. The van der Waals surface area contributed by atoms with Crippen LogP contribution in [0, 0.1) is 0 Å². The second kappa shape index (κ2) is 14.9. The van der Waals surface area contributed by atoms with Gasteiger partial charge in [-0.1, -0.05) is 71.1 Å². The van der Waals surface area contributed by atoms with Crippen molar-refractivity contribution in [2.45, 2.75) is 90.5 Å². The van der Waals surface area contributed by atoms with Crippen molar-refractivity contribution in [2.75, 3.05) is 0 Å². The molecule has 0 saturated carbocycles. The molecule has 0 fully saturated rings. The first-order chi connectivity index (χ1) is 9.43. The van der Waals surface area contributed by atoms with Crippen LogP contribution in [0.25, 0.3) is 0 Å². The fourth-order valence-corrected chi connectivity index (χ4v) is 2.52. The summed E-state index contributed by atoms with van der Waals surface area (Å²) in [5.41, 5.74) is 0. The summed E-state index contributed by atoms with van der Waals surface area (Å²) in [6, 6.07) is 0. The van der Waals surface area contributed by atoms with E-state index in [0.29, 0.717) is 0 Å². The first-order valence-corrected chi connectivity index (χ1v) is 8.34. The highest BCUT2D eigenvalue weighted by molar-refractivity contribution is 4.49. The molecule has 1 heterocycles. The molecular formula is C17H32ClNO. The van der Waals surface area contributed by atoms with Crippen LogP contribution in [0.5, 0.6) is 0 Å². The number of unbranched alkanes of at least 4 members (excludes halogenated alkanes) is 11. The predicted octanol–water partition coefficient (Wildman–Crippen LogP) is 2.27. The maximum Gasteiger partial charge on any atom is 0.334 e. The molecule has 0 atom stereocenters. The Bertz CT molecular complexity index is 275. The van der Waals surface area contributed by atoms with Crippen LogP contribution in [0.4, 0.5) is 0 Å². The third kappa shape index (κ3) is 11.3. The highest BCUT2D eigenvalue weighted by Gasteiger charge is 2.00. The summed E-state index contributed by atoms with van der Waals surface area (Å²) in [5.74, 6) is 0. The van der Waals surface area contributed by atoms with Crippen molar-refractivity contribution in [1.29, 1.82) is 0 Å². The minimum atomic E-state index is 0. The molecule has 0 aromatic carbocycles. The van der Waals surface area contributed by atoms with Gasteiger partial charge in [-0.2, -0.15) is 4.57 Å². The molecule has 1 aromatic heterocycles. The number of oxazole rings is 1. The van der Waals surface area contributed by atoms with Gasteiger partial charge in [-0.3, -0.25) is 0 Å². The zero-order valence-corrected chi connectivity index (χ0v) is 13.9. The molecule has 1 aromatic rings. The Morgan fingerprint density at radius 2 is 1.25 bits per heavy atom. The van der Waals surface area contributed by atoms with Gasteiger partial charge in [0, 0.05) is 6.42 Å². The molecule has 0 saturated heterocycles. The highest BCUT2D eigenvalue weighted by atomic mass is 35.5. The summed E-state index contributed by atoms with van der Waals surface area (Å²) in [4.78, 5) is 0. The van der Waals surface area contributed by atoms with Crippen molar-refractivity contribution >= 4 is 0 Å². The van der Waals surface area contributed by atoms with Crippen molar-refractivity contribution in [3.8, 4) is 0 Å².